The molecule has 1 saturated heterocycles. The van der Waals surface area contributed by atoms with E-state index in [2.05, 4.69) is 9.88 Å². The second-order valence-electron chi connectivity index (χ2n) is 6.38. The number of nitrogens with zero attached hydrogens (tertiary/aromatic N) is 2. The smallest absolute Gasteiger partial charge is 0.274 e. The first-order valence-corrected chi connectivity index (χ1v) is 8.38. The lowest BCUT2D eigenvalue weighted by atomic mass is 9.78. The van der Waals surface area contributed by atoms with Crippen molar-refractivity contribution in [1.29, 1.82) is 0 Å². The van der Waals surface area contributed by atoms with E-state index >= 15 is 0 Å². The molecule has 1 aliphatic heterocycles. The lowest BCUT2D eigenvalue weighted by Crippen LogP contribution is -2.53. The maximum Gasteiger partial charge on any atom is 0.274 e. The number of carbonyl (C=O) groups excluding carboxylic acids is 2. The van der Waals surface area contributed by atoms with Gasteiger partial charge in [0.1, 0.15) is 13.1 Å². The zero-order chi connectivity index (χ0) is 16.2. The molecule has 0 bridgehead atoms. The van der Waals surface area contributed by atoms with E-state index < -0.39 is 17.8 Å². The molecule has 6 heteroatoms. The molecule has 3 rings (SSSR count). The van der Waals surface area contributed by atoms with Crippen LogP contribution in [0.25, 0.3) is 0 Å². The first kappa shape index (κ1) is 15.8. The largest absolute Gasteiger partial charge is 0.550 e. The van der Waals surface area contributed by atoms with Crippen LogP contribution in [0.3, 0.4) is 0 Å². The van der Waals surface area contributed by atoms with Gasteiger partial charge in [-0.3, -0.25) is 9.69 Å². The molecule has 2 heterocycles. The molecule has 23 heavy (non-hydrogen) atoms. The first-order chi connectivity index (χ1) is 11.2. The van der Waals surface area contributed by atoms with E-state index in [-0.39, 0.29) is 5.91 Å². The monoisotopic (exact) mass is 317 g/mol. The zero-order valence-corrected chi connectivity index (χ0v) is 13.2. The average molecular weight is 317 g/mol. The number of rotatable bonds is 3. The predicted molar refractivity (Wildman–Crippen MR) is 82.2 cm³/mol. The number of carboxylic acid groups (broad SMARTS) is 1. The summed E-state index contributed by atoms with van der Waals surface area (Å²) in [7, 11) is 0. The van der Waals surface area contributed by atoms with E-state index in [9.17, 15) is 14.7 Å². The number of carboxylic acids is 1. The Balaban J connectivity index is 1.60. The second kappa shape index (κ2) is 6.98. The van der Waals surface area contributed by atoms with Gasteiger partial charge in [-0.2, -0.15) is 0 Å². The van der Waals surface area contributed by atoms with Gasteiger partial charge in [0.25, 0.3) is 5.82 Å². The third-order valence-electron chi connectivity index (χ3n) is 5.01. The maximum atomic E-state index is 12.7. The van der Waals surface area contributed by atoms with Crippen LogP contribution >= 0.6 is 0 Å². The highest BCUT2D eigenvalue weighted by Crippen LogP contribution is 2.31. The van der Waals surface area contributed by atoms with E-state index in [1.807, 2.05) is 29.3 Å². The molecule has 1 aromatic rings. The van der Waals surface area contributed by atoms with Crippen molar-refractivity contribution in [3.05, 3.63) is 24.4 Å². The van der Waals surface area contributed by atoms with Crippen molar-refractivity contribution >= 4 is 17.7 Å². The number of hydrogen-bond donors (Lipinski definition) is 0. The minimum absolute atomic E-state index is 0.00408. The molecule has 1 N–H and O–H groups in total. The normalized spacial score (nSPS) is 25.2. The standard InChI is InChI=1S/C17H23N3O3/c21-16(13-5-1-2-6-14(13)17(22)23)20-11-9-19(10-12-20)15-7-3-4-8-18-15/h3-4,7-8,13-14H,1-2,5-6,9-12H2,(H,22,23)/t13-,14-/m0/s1. The third-order valence-corrected chi connectivity index (χ3v) is 5.01. The molecule has 1 amide bonds. The summed E-state index contributed by atoms with van der Waals surface area (Å²) < 4.78 is 0. The van der Waals surface area contributed by atoms with Crippen molar-refractivity contribution in [3.8, 4) is 0 Å². The van der Waals surface area contributed by atoms with Crippen LogP contribution in [0.1, 0.15) is 25.7 Å². The summed E-state index contributed by atoms with van der Waals surface area (Å²) in [6, 6.07) is 5.94. The minimum atomic E-state index is -1.07. The van der Waals surface area contributed by atoms with E-state index in [0.717, 1.165) is 31.7 Å². The molecule has 0 unspecified atom stereocenters. The number of aliphatic carboxylic acids is 1. The van der Waals surface area contributed by atoms with Crippen LogP contribution in [-0.4, -0.2) is 43.0 Å². The summed E-state index contributed by atoms with van der Waals surface area (Å²) in [4.78, 5) is 31.3. The van der Waals surface area contributed by atoms with Gasteiger partial charge in [0.05, 0.1) is 19.3 Å². The number of aromatic amines is 1. The number of hydrogen-bond acceptors (Lipinski definition) is 4. The van der Waals surface area contributed by atoms with Gasteiger partial charge in [-0.1, -0.05) is 18.9 Å². The molecule has 2 fully saturated rings. The Hall–Kier alpha value is -2.11. The molecule has 6 nitrogen and oxygen atoms in total. The molecule has 0 radical (unpaired) electrons. The van der Waals surface area contributed by atoms with E-state index in [0.29, 0.717) is 25.9 Å². The van der Waals surface area contributed by atoms with E-state index in [4.69, 9.17) is 0 Å². The van der Waals surface area contributed by atoms with Gasteiger partial charge in [0.15, 0.2) is 0 Å². The highest BCUT2D eigenvalue weighted by Gasteiger charge is 2.36. The van der Waals surface area contributed by atoms with Gasteiger partial charge in [0, 0.05) is 23.9 Å². The van der Waals surface area contributed by atoms with Gasteiger partial charge in [-0.25, -0.2) is 4.98 Å². The van der Waals surface area contributed by atoms with Crippen molar-refractivity contribution in [3.63, 3.8) is 0 Å². The van der Waals surface area contributed by atoms with Crippen LogP contribution < -0.4 is 15.0 Å². The molecule has 1 aliphatic carbocycles. The summed E-state index contributed by atoms with van der Waals surface area (Å²) in [6.45, 7) is 2.79. The number of nitrogens with one attached hydrogen (secondary N) is 1. The van der Waals surface area contributed by atoms with Crippen LogP contribution in [-0.2, 0) is 9.59 Å². The number of piperazine rings is 1. The summed E-state index contributed by atoms with van der Waals surface area (Å²) in [5, 5.41) is 11.3. The van der Waals surface area contributed by atoms with Crippen molar-refractivity contribution in [2.45, 2.75) is 25.7 Å². The van der Waals surface area contributed by atoms with Crippen LogP contribution in [0, 0.1) is 11.8 Å². The lowest BCUT2D eigenvalue weighted by Gasteiger charge is -2.37. The highest BCUT2D eigenvalue weighted by molar-refractivity contribution is 5.84. The van der Waals surface area contributed by atoms with E-state index in [1.54, 1.807) is 0 Å². The Labute approximate surface area is 136 Å². The number of aromatic nitrogens is 1. The van der Waals surface area contributed by atoms with Gasteiger partial charge in [0.2, 0.25) is 5.91 Å². The summed E-state index contributed by atoms with van der Waals surface area (Å²) in [5.41, 5.74) is 0. The zero-order valence-electron chi connectivity index (χ0n) is 13.2. The predicted octanol–water partition coefficient (Wildman–Crippen LogP) is -0.294. The first-order valence-electron chi connectivity index (χ1n) is 8.38. The Bertz CT molecular complexity index is 555. The van der Waals surface area contributed by atoms with Crippen molar-refractivity contribution in [1.82, 2.24) is 4.90 Å². The number of amides is 1. The summed E-state index contributed by atoms with van der Waals surface area (Å²) in [6.07, 6.45) is 4.93. The average Bonchev–Trinajstić information content (AvgIpc) is 2.62. The quantitative estimate of drug-likeness (QED) is 0.767. The Morgan fingerprint density at radius 2 is 1.74 bits per heavy atom. The Kier molecular flexibility index (Phi) is 4.79. The second-order valence-corrected chi connectivity index (χ2v) is 6.38. The van der Waals surface area contributed by atoms with Gasteiger partial charge in [-0.15, -0.1) is 0 Å². The molecular formula is C17H23N3O3. The molecule has 2 aliphatic rings. The summed E-state index contributed by atoms with van der Waals surface area (Å²) in [5.74, 6) is -1.04. The Morgan fingerprint density at radius 1 is 1.04 bits per heavy atom. The van der Waals surface area contributed by atoms with Gasteiger partial charge in [-0.05, 0) is 18.9 Å². The van der Waals surface area contributed by atoms with Crippen LogP contribution in [0.15, 0.2) is 24.4 Å². The number of carbonyl (C=O) groups is 2. The number of anilines is 1. The van der Waals surface area contributed by atoms with Crippen molar-refractivity contribution < 1.29 is 19.7 Å². The van der Waals surface area contributed by atoms with Gasteiger partial charge >= 0.3 is 0 Å². The van der Waals surface area contributed by atoms with Crippen molar-refractivity contribution in [2.75, 3.05) is 31.1 Å². The molecule has 0 aromatic carbocycles. The number of pyridine rings is 1. The third kappa shape index (κ3) is 3.46. The van der Waals surface area contributed by atoms with Gasteiger partial charge < -0.3 is 14.8 Å². The molecule has 2 atom stereocenters. The lowest BCUT2D eigenvalue weighted by molar-refractivity contribution is -0.364. The molecule has 1 saturated carbocycles. The Morgan fingerprint density at radius 3 is 2.35 bits per heavy atom. The minimum Gasteiger partial charge on any atom is -0.550 e. The summed E-state index contributed by atoms with van der Waals surface area (Å²) >= 11 is 0. The van der Waals surface area contributed by atoms with Crippen molar-refractivity contribution in [2.24, 2.45) is 11.8 Å². The highest BCUT2D eigenvalue weighted by atomic mass is 16.4. The van der Waals surface area contributed by atoms with E-state index in [1.165, 1.54) is 0 Å². The van der Waals surface area contributed by atoms with Crippen LogP contribution in [0.2, 0.25) is 0 Å². The fourth-order valence-corrected chi connectivity index (χ4v) is 3.69. The molecular weight excluding hydrogens is 294 g/mol. The molecule has 124 valence electrons. The van der Waals surface area contributed by atoms with Crippen LogP contribution in [0.4, 0.5) is 5.82 Å². The maximum absolute atomic E-state index is 12.7. The SMILES string of the molecule is O=C([O-])[C@H]1CCCC[C@@H]1C(=O)N1CCN(c2cccc[nH+]2)CC1. The molecule has 0 spiro atoms. The topological polar surface area (TPSA) is 77.8 Å². The van der Waals surface area contributed by atoms with Crippen LogP contribution in [0.5, 0.6) is 0 Å². The molecule has 1 aromatic heterocycles. The fraction of sp³-hybridized carbons (Fsp3) is 0.588. The number of H-pyrrole nitrogens is 1. The fourth-order valence-electron chi connectivity index (χ4n) is 3.69.